The zero-order valence-electron chi connectivity index (χ0n) is 10.9. The molecule has 9 heteroatoms. The van der Waals surface area contributed by atoms with Gasteiger partial charge in [-0.1, -0.05) is 0 Å². The van der Waals surface area contributed by atoms with Crippen molar-refractivity contribution in [3.05, 3.63) is 32.6 Å². The van der Waals surface area contributed by atoms with Crippen molar-refractivity contribution in [2.24, 2.45) is 0 Å². The topological polar surface area (TPSA) is 134 Å². The first-order chi connectivity index (χ1) is 9.37. The van der Waals surface area contributed by atoms with Gasteiger partial charge in [0.2, 0.25) is 0 Å². The minimum Gasteiger partial charge on any atom is -0.394 e. The van der Waals surface area contributed by atoms with Gasteiger partial charge < -0.3 is 24.8 Å². The van der Waals surface area contributed by atoms with Gasteiger partial charge in [-0.25, -0.2) is 9.36 Å². The molecule has 2 rings (SSSR count). The highest BCUT2D eigenvalue weighted by Crippen LogP contribution is 2.35. The van der Waals surface area contributed by atoms with E-state index in [2.05, 4.69) is 0 Å². The molecular weight excluding hydrogens is 272 g/mol. The van der Waals surface area contributed by atoms with Crippen molar-refractivity contribution in [1.29, 1.82) is 0 Å². The van der Waals surface area contributed by atoms with E-state index in [4.69, 9.17) is 14.6 Å². The smallest absolute Gasteiger partial charge is 0.332 e. The predicted octanol–water partition coefficient (Wildman–Crippen LogP) is -2.79. The molecule has 2 heterocycles. The summed E-state index contributed by atoms with van der Waals surface area (Å²) in [6.45, 7) is 0.889. The monoisotopic (exact) mass is 288 g/mol. The number of aromatic nitrogens is 2. The van der Waals surface area contributed by atoms with Crippen LogP contribution in [0.25, 0.3) is 0 Å². The molecule has 20 heavy (non-hydrogen) atoms. The Kier molecular flexibility index (Phi) is 3.80. The van der Waals surface area contributed by atoms with Crippen LogP contribution in [-0.4, -0.2) is 56.9 Å². The van der Waals surface area contributed by atoms with Gasteiger partial charge in [0.1, 0.15) is 12.2 Å². The number of nitrogens with zero attached hydrogens (tertiary/aromatic N) is 1. The van der Waals surface area contributed by atoms with Gasteiger partial charge >= 0.3 is 5.69 Å². The van der Waals surface area contributed by atoms with Crippen molar-refractivity contribution in [2.75, 3.05) is 13.7 Å². The summed E-state index contributed by atoms with van der Waals surface area (Å²) < 4.78 is 11.2. The SMILES string of the molecule is CO[C@@]1(n2cc(C)c(=O)[nH]c2=O)O[C@H](CO)[C@@H](O)[C@H]1O. The molecule has 0 saturated carbocycles. The van der Waals surface area contributed by atoms with Crippen LogP contribution in [0.1, 0.15) is 5.56 Å². The molecule has 0 aromatic carbocycles. The van der Waals surface area contributed by atoms with Crippen LogP contribution in [0.3, 0.4) is 0 Å². The maximum absolute atomic E-state index is 11.9. The molecular formula is C11H16N2O7. The minimum atomic E-state index is -2.02. The Hall–Kier alpha value is -1.52. The van der Waals surface area contributed by atoms with Crippen molar-refractivity contribution in [1.82, 2.24) is 9.55 Å². The summed E-state index contributed by atoms with van der Waals surface area (Å²) in [5, 5.41) is 29.0. The number of methoxy groups -OCH3 is 1. The van der Waals surface area contributed by atoms with Gasteiger partial charge in [-0.15, -0.1) is 0 Å². The summed E-state index contributed by atoms with van der Waals surface area (Å²) in [6, 6.07) is 0. The van der Waals surface area contributed by atoms with E-state index >= 15 is 0 Å². The molecule has 1 aliphatic rings. The predicted molar refractivity (Wildman–Crippen MR) is 65.0 cm³/mol. The molecule has 0 amide bonds. The number of nitrogens with one attached hydrogen (secondary N) is 1. The molecule has 112 valence electrons. The van der Waals surface area contributed by atoms with Crippen LogP contribution in [0.5, 0.6) is 0 Å². The number of hydrogen-bond donors (Lipinski definition) is 4. The number of aromatic amines is 1. The number of H-pyrrole nitrogens is 1. The van der Waals surface area contributed by atoms with Crippen molar-refractivity contribution in [3.8, 4) is 0 Å². The van der Waals surface area contributed by atoms with Crippen molar-refractivity contribution in [3.63, 3.8) is 0 Å². The first kappa shape index (κ1) is 14.9. The van der Waals surface area contributed by atoms with Gasteiger partial charge in [-0.2, -0.15) is 0 Å². The molecule has 1 aromatic heterocycles. The molecule has 1 fully saturated rings. The molecule has 1 saturated heterocycles. The maximum atomic E-state index is 11.9. The Labute approximate surface area is 113 Å². The van der Waals surface area contributed by atoms with Gasteiger partial charge in [0.25, 0.3) is 11.5 Å². The van der Waals surface area contributed by atoms with Crippen LogP contribution in [0.2, 0.25) is 0 Å². The lowest BCUT2D eigenvalue weighted by atomic mass is 10.1. The third kappa shape index (κ3) is 2.00. The second-order valence-corrected chi connectivity index (χ2v) is 4.55. The third-order valence-corrected chi connectivity index (χ3v) is 3.33. The number of hydrogen-bond acceptors (Lipinski definition) is 7. The summed E-state index contributed by atoms with van der Waals surface area (Å²) in [7, 11) is 1.17. The number of aliphatic hydroxyl groups excluding tert-OH is 3. The lowest BCUT2D eigenvalue weighted by Gasteiger charge is -2.31. The molecule has 4 atom stereocenters. The van der Waals surface area contributed by atoms with E-state index < -0.39 is 42.1 Å². The van der Waals surface area contributed by atoms with Crippen LogP contribution >= 0.6 is 0 Å². The lowest BCUT2D eigenvalue weighted by Crippen LogP contribution is -2.53. The zero-order chi connectivity index (χ0) is 15.1. The van der Waals surface area contributed by atoms with Crippen LogP contribution < -0.4 is 11.2 Å². The molecule has 0 bridgehead atoms. The Balaban J connectivity index is 2.61. The van der Waals surface area contributed by atoms with Gasteiger partial charge in [0, 0.05) is 18.9 Å². The highest BCUT2D eigenvalue weighted by molar-refractivity contribution is 5.05. The van der Waals surface area contributed by atoms with Crippen molar-refractivity contribution < 1.29 is 24.8 Å². The molecule has 1 aromatic rings. The zero-order valence-corrected chi connectivity index (χ0v) is 10.9. The van der Waals surface area contributed by atoms with E-state index in [1.807, 2.05) is 4.98 Å². The minimum absolute atomic E-state index is 0.193. The Morgan fingerprint density at radius 2 is 2.15 bits per heavy atom. The third-order valence-electron chi connectivity index (χ3n) is 3.33. The lowest BCUT2D eigenvalue weighted by molar-refractivity contribution is -0.306. The second-order valence-electron chi connectivity index (χ2n) is 4.55. The van der Waals surface area contributed by atoms with Gasteiger partial charge in [0.15, 0.2) is 6.10 Å². The van der Waals surface area contributed by atoms with Crippen LogP contribution in [0, 0.1) is 6.92 Å². The molecule has 0 aliphatic carbocycles. The van der Waals surface area contributed by atoms with E-state index in [1.54, 1.807) is 0 Å². The first-order valence-corrected chi connectivity index (χ1v) is 5.90. The molecule has 1 aliphatic heterocycles. The average molecular weight is 288 g/mol. The summed E-state index contributed by atoms with van der Waals surface area (Å²) in [6.07, 6.45) is -3.03. The van der Waals surface area contributed by atoms with Gasteiger partial charge in [-0.3, -0.25) is 9.78 Å². The van der Waals surface area contributed by atoms with E-state index in [-0.39, 0.29) is 5.56 Å². The Morgan fingerprint density at radius 1 is 1.50 bits per heavy atom. The second kappa shape index (κ2) is 5.11. The number of aryl methyl sites for hydroxylation is 1. The number of ether oxygens (including phenoxy) is 2. The molecule has 0 spiro atoms. The largest absolute Gasteiger partial charge is 0.394 e. The highest BCUT2D eigenvalue weighted by atomic mass is 16.7. The van der Waals surface area contributed by atoms with E-state index in [0.29, 0.717) is 0 Å². The molecule has 4 N–H and O–H groups in total. The van der Waals surface area contributed by atoms with Crippen LogP contribution in [0.4, 0.5) is 0 Å². The fraction of sp³-hybridized carbons (Fsp3) is 0.636. The highest BCUT2D eigenvalue weighted by Gasteiger charge is 2.57. The van der Waals surface area contributed by atoms with E-state index in [9.17, 15) is 19.8 Å². The average Bonchev–Trinajstić information content (AvgIpc) is 2.68. The molecule has 0 radical (unpaired) electrons. The van der Waals surface area contributed by atoms with Crippen LogP contribution in [0.15, 0.2) is 15.8 Å². The Bertz CT molecular complexity index is 610. The summed E-state index contributed by atoms with van der Waals surface area (Å²) in [5.74, 6) is -2.02. The summed E-state index contributed by atoms with van der Waals surface area (Å²) in [5.41, 5.74) is -1.25. The molecule has 9 nitrogen and oxygen atoms in total. The summed E-state index contributed by atoms with van der Waals surface area (Å²) in [4.78, 5) is 25.3. The van der Waals surface area contributed by atoms with Gasteiger partial charge in [-0.05, 0) is 6.92 Å². The fourth-order valence-electron chi connectivity index (χ4n) is 2.19. The van der Waals surface area contributed by atoms with Crippen molar-refractivity contribution >= 4 is 0 Å². The number of rotatable bonds is 3. The van der Waals surface area contributed by atoms with E-state index in [1.165, 1.54) is 14.0 Å². The maximum Gasteiger partial charge on any atom is 0.332 e. The normalized spacial score (nSPS) is 33.5. The Morgan fingerprint density at radius 3 is 2.65 bits per heavy atom. The van der Waals surface area contributed by atoms with Crippen LogP contribution in [-0.2, 0) is 15.4 Å². The first-order valence-electron chi connectivity index (χ1n) is 5.90. The quantitative estimate of drug-likeness (QED) is 0.472. The standard InChI is InChI=1S/C11H16N2O7/c1-5-3-13(10(18)12-9(5)17)11(19-2)8(16)7(15)6(4-14)20-11/h3,6-8,14-16H,4H2,1-2H3,(H,12,17,18)/t6-,7-,8-,11-/m1/s1. The summed E-state index contributed by atoms with van der Waals surface area (Å²) >= 11 is 0. The fourth-order valence-corrected chi connectivity index (χ4v) is 2.19. The van der Waals surface area contributed by atoms with E-state index in [0.717, 1.165) is 10.8 Å². The van der Waals surface area contributed by atoms with Crippen molar-refractivity contribution in [2.45, 2.75) is 31.1 Å². The molecule has 0 unspecified atom stereocenters. The van der Waals surface area contributed by atoms with Gasteiger partial charge in [0.05, 0.1) is 6.61 Å². The number of aliphatic hydroxyl groups is 3.